The number of hydrogen-bond donors (Lipinski definition) is 2. The first-order valence-electron chi connectivity index (χ1n) is 8.04. The van der Waals surface area contributed by atoms with Crippen LogP contribution in [0.15, 0.2) is 12.3 Å². The van der Waals surface area contributed by atoms with Crippen molar-refractivity contribution in [2.45, 2.75) is 44.1 Å². The second-order valence-corrected chi connectivity index (χ2v) is 6.72. The molecule has 3 rings (SSSR count). The van der Waals surface area contributed by atoms with Crippen LogP contribution in [0, 0.1) is 17.2 Å². The lowest BCUT2D eigenvalue weighted by Gasteiger charge is -2.32. The number of nitrogens with one attached hydrogen (secondary N) is 2. The van der Waals surface area contributed by atoms with E-state index in [1.165, 1.54) is 0 Å². The van der Waals surface area contributed by atoms with E-state index in [4.69, 9.17) is 0 Å². The maximum absolute atomic E-state index is 12.3. The van der Waals surface area contributed by atoms with Crippen molar-refractivity contribution in [2.75, 3.05) is 19.6 Å². The lowest BCUT2D eigenvalue weighted by Crippen LogP contribution is -2.51. The molecule has 118 valence electrons. The van der Waals surface area contributed by atoms with Gasteiger partial charge in [-0.05, 0) is 51.1 Å². The molecule has 1 saturated carbocycles. The smallest absolute Gasteiger partial charge is 0.235 e. The number of likely N-dealkylation sites (tertiary alicyclic amines) is 1. The lowest BCUT2D eigenvalue weighted by atomic mass is 9.94. The van der Waals surface area contributed by atoms with Crippen molar-refractivity contribution in [3.63, 3.8) is 0 Å². The largest absolute Gasteiger partial charge is 0.337 e. The third-order valence-electron chi connectivity index (χ3n) is 4.86. The van der Waals surface area contributed by atoms with Crippen LogP contribution in [0.25, 0.3) is 0 Å². The van der Waals surface area contributed by atoms with Crippen LogP contribution in [0.2, 0.25) is 0 Å². The summed E-state index contributed by atoms with van der Waals surface area (Å²) in [5.74, 6) is 0.691. The van der Waals surface area contributed by atoms with E-state index in [0.29, 0.717) is 18.4 Å². The molecule has 1 aromatic rings. The molecule has 0 radical (unpaired) electrons. The van der Waals surface area contributed by atoms with Crippen LogP contribution in [-0.2, 0) is 4.79 Å². The second-order valence-electron chi connectivity index (χ2n) is 6.72. The molecule has 1 saturated heterocycles. The summed E-state index contributed by atoms with van der Waals surface area (Å²) in [5, 5.41) is 19.3. The Morgan fingerprint density at radius 1 is 1.59 bits per heavy atom. The van der Waals surface area contributed by atoms with E-state index in [1.54, 1.807) is 6.20 Å². The normalized spacial score (nSPS) is 25.2. The fourth-order valence-corrected chi connectivity index (χ4v) is 3.36. The third-order valence-corrected chi connectivity index (χ3v) is 4.86. The van der Waals surface area contributed by atoms with Gasteiger partial charge >= 0.3 is 0 Å². The van der Waals surface area contributed by atoms with E-state index < -0.39 is 5.54 Å². The number of nitriles is 1. The average molecular weight is 301 g/mol. The van der Waals surface area contributed by atoms with Crippen LogP contribution in [-0.4, -0.2) is 46.2 Å². The summed E-state index contributed by atoms with van der Waals surface area (Å²) < 4.78 is 0. The molecule has 1 aliphatic heterocycles. The van der Waals surface area contributed by atoms with Crippen molar-refractivity contribution in [3.8, 4) is 6.07 Å². The Balaban J connectivity index is 1.54. The predicted molar refractivity (Wildman–Crippen MR) is 81.9 cm³/mol. The summed E-state index contributed by atoms with van der Waals surface area (Å²) >= 11 is 0. The van der Waals surface area contributed by atoms with Crippen LogP contribution in [0.1, 0.15) is 44.2 Å². The first kappa shape index (κ1) is 15.0. The molecule has 0 unspecified atom stereocenters. The Hall–Kier alpha value is -1.87. The van der Waals surface area contributed by atoms with Crippen molar-refractivity contribution >= 4 is 5.91 Å². The van der Waals surface area contributed by atoms with Gasteiger partial charge in [0.2, 0.25) is 5.91 Å². The SMILES string of the molecule is C[C@](C#N)(NC(=O)CN1CCC[C@H](c2ccn[nH]2)C1)C1CC1. The van der Waals surface area contributed by atoms with Crippen LogP contribution < -0.4 is 5.32 Å². The Labute approximate surface area is 130 Å². The van der Waals surface area contributed by atoms with Gasteiger partial charge in [0, 0.05) is 24.4 Å². The fraction of sp³-hybridized carbons (Fsp3) is 0.688. The number of piperidine rings is 1. The van der Waals surface area contributed by atoms with E-state index >= 15 is 0 Å². The molecule has 6 nitrogen and oxygen atoms in total. The molecule has 2 atom stereocenters. The number of hydrogen-bond acceptors (Lipinski definition) is 4. The Kier molecular flexibility index (Phi) is 4.16. The molecule has 2 aliphatic rings. The minimum absolute atomic E-state index is 0.0405. The molecule has 0 bridgehead atoms. The molecule has 22 heavy (non-hydrogen) atoms. The molecule has 2 fully saturated rings. The number of H-pyrrole nitrogens is 1. The van der Waals surface area contributed by atoms with Crippen molar-refractivity contribution < 1.29 is 4.79 Å². The molecule has 0 spiro atoms. The Bertz CT molecular complexity index is 560. The highest BCUT2D eigenvalue weighted by atomic mass is 16.2. The zero-order chi connectivity index (χ0) is 15.6. The maximum Gasteiger partial charge on any atom is 0.235 e. The van der Waals surface area contributed by atoms with E-state index in [2.05, 4.69) is 26.5 Å². The topological polar surface area (TPSA) is 84.8 Å². The number of carbonyl (C=O) groups excluding carboxylic acids is 1. The average Bonchev–Trinajstić information content (AvgIpc) is 3.23. The van der Waals surface area contributed by atoms with E-state index in [9.17, 15) is 10.1 Å². The first-order chi connectivity index (χ1) is 10.6. The molecule has 2 N–H and O–H groups in total. The van der Waals surface area contributed by atoms with Gasteiger partial charge in [0.1, 0.15) is 5.54 Å². The van der Waals surface area contributed by atoms with Crippen molar-refractivity contribution in [3.05, 3.63) is 18.0 Å². The van der Waals surface area contributed by atoms with Gasteiger partial charge in [0.25, 0.3) is 0 Å². The minimum atomic E-state index is -0.699. The Morgan fingerprint density at radius 3 is 3.05 bits per heavy atom. The van der Waals surface area contributed by atoms with E-state index in [0.717, 1.165) is 44.5 Å². The van der Waals surface area contributed by atoms with Gasteiger partial charge in [0.15, 0.2) is 0 Å². The van der Waals surface area contributed by atoms with Gasteiger partial charge in [-0.2, -0.15) is 10.4 Å². The molecule has 1 aromatic heterocycles. The van der Waals surface area contributed by atoms with Gasteiger partial charge in [-0.3, -0.25) is 14.8 Å². The molecule has 1 aliphatic carbocycles. The van der Waals surface area contributed by atoms with Gasteiger partial charge in [-0.1, -0.05) is 0 Å². The molecule has 0 aromatic carbocycles. The maximum atomic E-state index is 12.3. The standard InChI is InChI=1S/C16H23N5O/c1-16(11-17,13-4-5-13)19-15(22)10-21-8-2-3-12(9-21)14-6-7-18-20-14/h6-7,12-13H,2-5,8-10H2,1H3,(H,18,20)(H,19,22)/t12-,16+/m0/s1. The molecule has 2 heterocycles. The zero-order valence-corrected chi connectivity index (χ0v) is 13.0. The quantitative estimate of drug-likeness (QED) is 0.861. The van der Waals surface area contributed by atoms with Crippen LogP contribution >= 0.6 is 0 Å². The second kappa shape index (κ2) is 6.09. The highest BCUT2D eigenvalue weighted by molar-refractivity contribution is 5.79. The van der Waals surface area contributed by atoms with Crippen LogP contribution in [0.5, 0.6) is 0 Å². The number of aromatic amines is 1. The summed E-state index contributed by atoms with van der Waals surface area (Å²) in [7, 11) is 0. The fourth-order valence-electron chi connectivity index (χ4n) is 3.36. The number of nitrogens with zero attached hydrogens (tertiary/aromatic N) is 3. The summed E-state index contributed by atoms with van der Waals surface area (Å²) in [4.78, 5) is 14.5. The summed E-state index contributed by atoms with van der Waals surface area (Å²) in [6.07, 6.45) is 6.05. The zero-order valence-electron chi connectivity index (χ0n) is 13.0. The van der Waals surface area contributed by atoms with E-state index in [1.807, 2.05) is 13.0 Å². The molecular formula is C16H23N5O. The van der Waals surface area contributed by atoms with Crippen molar-refractivity contribution in [2.24, 2.45) is 5.92 Å². The number of amides is 1. The monoisotopic (exact) mass is 301 g/mol. The van der Waals surface area contributed by atoms with Crippen molar-refractivity contribution in [1.82, 2.24) is 20.4 Å². The Morgan fingerprint density at radius 2 is 2.41 bits per heavy atom. The van der Waals surface area contributed by atoms with Gasteiger partial charge in [0.05, 0.1) is 12.6 Å². The number of carbonyl (C=O) groups is 1. The van der Waals surface area contributed by atoms with Gasteiger partial charge < -0.3 is 5.32 Å². The third kappa shape index (κ3) is 3.30. The first-order valence-corrected chi connectivity index (χ1v) is 8.04. The van der Waals surface area contributed by atoms with Gasteiger partial charge in [-0.15, -0.1) is 0 Å². The minimum Gasteiger partial charge on any atom is -0.337 e. The molecule has 6 heteroatoms. The van der Waals surface area contributed by atoms with Crippen LogP contribution in [0.3, 0.4) is 0 Å². The lowest BCUT2D eigenvalue weighted by molar-refractivity contribution is -0.124. The highest BCUT2D eigenvalue weighted by Gasteiger charge is 2.43. The van der Waals surface area contributed by atoms with Crippen LogP contribution in [0.4, 0.5) is 0 Å². The number of aromatic nitrogens is 2. The predicted octanol–water partition coefficient (Wildman–Crippen LogP) is 1.40. The van der Waals surface area contributed by atoms with Crippen molar-refractivity contribution in [1.29, 1.82) is 5.26 Å². The summed E-state index contributed by atoms with van der Waals surface area (Å²) in [6.45, 7) is 4.01. The van der Waals surface area contributed by atoms with E-state index in [-0.39, 0.29) is 5.91 Å². The molecule has 1 amide bonds. The molecular weight excluding hydrogens is 278 g/mol. The van der Waals surface area contributed by atoms with Gasteiger partial charge in [-0.25, -0.2) is 0 Å². The summed E-state index contributed by atoms with van der Waals surface area (Å²) in [6, 6.07) is 4.28. The highest BCUT2D eigenvalue weighted by Crippen LogP contribution is 2.39. The summed E-state index contributed by atoms with van der Waals surface area (Å²) in [5.41, 5.74) is 0.445. The number of rotatable bonds is 5.